The van der Waals surface area contributed by atoms with E-state index in [0.29, 0.717) is 40.2 Å². The average molecular weight is 363 g/mol. The molecule has 0 aliphatic carbocycles. The van der Waals surface area contributed by atoms with Crippen LogP contribution in [0.5, 0.6) is 17.2 Å². The first-order chi connectivity index (χ1) is 12.0. The van der Waals surface area contributed by atoms with Crippen molar-refractivity contribution in [3.63, 3.8) is 0 Å². The minimum Gasteiger partial charge on any atom is -0.493 e. The van der Waals surface area contributed by atoms with Crippen LogP contribution >= 0.6 is 11.8 Å². The van der Waals surface area contributed by atoms with Crippen LogP contribution < -0.4 is 19.5 Å². The molecule has 1 heterocycles. The van der Waals surface area contributed by atoms with Gasteiger partial charge in [0.15, 0.2) is 16.7 Å². The van der Waals surface area contributed by atoms with Gasteiger partial charge in [0.1, 0.15) is 0 Å². The summed E-state index contributed by atoms with van der Waals surface area (Å²) in [6.45, 7) is 2.09. The Bertz CT molecular complexity index is 743. The molecule has 0 unspecified atom stereocenters. The lowest BCUT2D eigenvalue weighted by Gasteiger charge is -2.14. The summed E-state index contributed by atoms with van der Waals surface area (Å²) in [5, 5.41) is 3.49. The maximum absolute atomic E-state index is 12.4. The Morgan fingerprint density at radius 2 is 1.80 bits per heavy atom. The van der Waals surface area contributed by atoms with Gasteiger partial charge in [-0.25, -0.2) is 9.97 Å². The summed E-state index contributed by atoms with van der Waals surface area (Å²) >= 11 is 1.43. The number of carbonyl (C=O) groups is 1. The summed E-state index contributed by atoms with van der Waals surface area (Å²) in [6.07, 6.45) is 3.43. The molecule has 0 bridgehead atoms. The second-order valence-electron chi connectivity index (χ2n) is 5.07. The molecule has 2 aromatic rings. The van der Waals surface area contributed by atoms with Gasteiger partial charge >= 0.3 is 0 Å². The Morgan fingerprint density at radius 3 is 2.28 bits per heavy atom. The van der Waals surface area contributed by atoms with Crippen LogP contribution in [0.2, 0.25) is 0 Å². The Hall–Kier alpha value is -2.48. The predicted molar refractivity (Wildman–Crippen MR) is 95.8 cm³/mol. The van der Waals surface area contributed by atoms with Crippen molar-refractivity contribution in [2.24, 2.45) is 0 Å². The van der Waals surface area contributed by atoms with Gasteiger partial charge in [-0.15, -0.1) is 0 Å². The average Bonchev–Trinajstić information content (AvgIpc) is 2.64. The van der Waals surface area contributed by atoms with Crippen LogP contribution in [0.1, 0.15) is 21.6 Å². The summed E-state index contributed by atoms with van der Waals surface area (Å²) in [5.41, 5.74) is 1.91. The molecule has 1 aromatic carbocycles. The zero-order chi connectivity index (χ0) is 18.4. The first-order valence-corrected chi connectivity index (χ1v) is 8.71. The van der Waals surface area contributed by atoms with E-state index in [1.807, 2.05) is 6.26 Å². The summed E-state index contributed by atoms with van der Waals surface area (Å²) < 4.78 is 15.9. The quantitative estimate of drug-likeness (QED) is 0.598. The molecule has 1 N–H and O–H groups in total. The number of benzene rings is 1. The Labute approximate surface area is 151 Å². The van der Waals surface area contributed by atoms with E-state index >= 15 is 0 Å². The molecule has 2 rings (SSSR count). The number of hydrogen-bond acceptors (Lipinski definition) is 7. The van der Waals surface area contributed by atoms with Crippen molar-refractivity contribution in [3.05, 3.63) is 35.2 Å². The number of amides is 1. The SMILES string of the molecule is COc1cc(CNC(=O)c2cnc(SC)nc2C)cc(OC)c1OC. The van der Waals surface area contributed by atoms with Crippen molar-refractivity contribution >= 4 is 17.7 Å². The summed E-state index contributed by atoms with van der Waals surface area (Å²) in [5.74, 6) is 1.35. The van der Waals surface area contributed by atoms with Crippen LogP contribution in [0, 0.1) is 6.92 Å². The lowest BCUT2D eigenvalue weighted by molar-refractivity contribution is 0.0949. The topological polar surface area (TPSA) is 82.6 Å². The number of aryl methyl sites for hydroxylation is 1. The molecule has 25 heavy (non-hydrogen) atoms. The molecule has 0 fully saturated rings. The van der Waals surface area contributed by atoms with E-state index in [0.717, 1.165) is 5.56 Å². The van der Waals surface area contributed by atoms with Crippen LogP contribution in [0.15, 0.2) is 23.5 Å². The van der Waals surface area contributed by atoms with Gasteiger partial charge in [-0.2, -0.15) is 0 Å². The number of nitrogens with zero attached hydrogens (tertiary/aromatic N) is 2. The van der Waals surface area contributed by atoms with E-state index in [4.69, 9.17) is 14.2 Å². The van der Waals surface area contributed by atoms with Crippen molar-refractivity contribution in [1.82, 2.24) is 15.3 Å². The highest BCUT2D eigenvalue weighted by Gasteiger charge is 2.15. The van der Waals surface area contributed by atoms with Crippen LogP contribution in [0.3, 0.4) is 0 Å². The van der Waals surface area contributed by atoms with E-state index in [1.165, 1.54) is 11.8 Å². The van der Waals surface area contributed by atoms with Gasteiger partial charge in [0.25, 0.3) is 5.91 Å². The van der Waals surface area contributed by atoms with E-state index in [1.54, 1.807) is 46.6 Å². The lowest BCUT2D eigenvalue weighted by Crippen LogP contribution is -2.24. The Morgan fingerprint density at radius 1 is 1.16 bits per heavy atom. The van der Waals surface area contributed by atoms with Gasteiger partial charge in [0.05, 0.1) is 32.6 Å². The molecule has 1 amide bonds. The van der Waals surface area contributed by atoms with Crippen molar-refractivity contribution in [3.8, 4) is 17.2 Å². The standard InChI is InChI=1S/C17H21N3O4S/c1-10-12(9-19-17(20-10)25-5)16(21)18-8-11-6-13(22-2)15(24-4)14(7-11)23-3/h6-7,9H,8H2,1-5H3,(H,18,21). The molecule has 0 saturated heterocycles. The highest BCUT2D eigenvalue weighted by Crippen LogP contribution is 2.38. The van der Waals surface area contributed by atoms with E-state index in [9.17, 15) is 4.79 Å². The van der Waals surface area contributed by atoms with E-state index in [2.05, 4.69) is 15.3 Å². The van der Waals surface area contributed by atoms with Crippen LogP contribution in [0.4, 0.5) is 0 Å². The smallest absolute Gasteiger partial charge is 0.254 e. The monoisotopic (exact) mass is 363 g/mol. The van der Waals surface area contributed by atoms with Gasteiger partial charge in [-0.3, -0.25) is 4.79 Å². The minimum atomic E-state index is -0.237. The third-order valence-electron chi connectivity index (χ3n) is 3.56. The van der Waals surface area contributed by atoms with Crippen molar-refractivity contribution < 1.29 is 19.0 Å². The molecule has 1 aromatic heterocycles. The normalized spacial score (nSPS) is 10.3. The minimum absolute atomic E-state index is 0.237. The second-order valence-corrected chi connectivity index (χ2v) is 5.85. The fourth-order valence-electron chi connectivity index (χ4n) is 2.28. The van der Waals surface area contributed by atoms with Crippen LogP contribution in [-0.2, 0) is 6.54 Å². The van der Waals surface area contributed by atoms with Gasteiger partial charge in [0.2, 0.25) is 5.75 Å². The third kappa shape index (κ3) is 4.33. The zero-order valence-corrected chi connectivity index (χ0v) is 15.7. The molecule has 7 nitrogen and oxygen atoms in total. The number of methoxy groups -OCH3 is 3. The summed E-state index contributed by atoms with van der Waals surface area (Å²) in [4.78, 5) is 20.8. The molecular formula is C17H21N3O4S. The zero-order valence-electron chi connectivity index (χ0n) is 14.9. The molecule has 0 radical (unpaired) electrons. The first kappa shape index (κ1) is 18.9. The van der Waals surface area contributed by atoms with E-state index in [-0.39, 0.29) is 5.91 Å². The van der Waals surface area contributed by atoms with Gasteiger partial charge in [-0.05, 0) is 30.9 Å². The molecule has 0 spiro atoms. The maximum Gasteiger partial charge on any atom is 0.254 e. The maximum atomic E-state index is 12.4. The molecule has 134 valence electrons. The molecule has 0 atom stereocenters. The predicted octanol–water partition coefficient (Wildman–Crippen LogP) is 2.46. The van der Waals surface area contributed by atoms with Gasteiger partial charge < -0.3 is 19.5 Å². The third-order valence-corrected chi connectivity index (χ3v) is 4.12. The molecule has 8 heteroatoms. The summed E-state index contributed by atoms with van der Waals surface area (Å²) in [7, 11) is 4.64. The van der Waals surface area contributed by atoms with Gasteiger partial charge in [-0.1, -0.05) is 11.8 Å². The Balaban J connectivity index is 2.16. The van der Waals surface area contributed by atoms with Crippen molar-refractivity contribution in [2.45, 2.75) is 18.6 Å². The molecule has 0 saturated carbocycles. The number of ether oxygens (including phenoxy) is 3. The van der Waals surface area contributed by atoms with Crippen LogP contribution in [0.25, 0.3) is 0 Å². The number of rotatable bonds is 7. The number of hydrogen-bond donors (Lipinski definition) is 1. The Kier molecular flexibility index (Phi) is 6.46. The molecule has 0 aliphatic heterocycles. The molecular weight excluding hydrogens is 342 g/mol. The first-order valence-electron chi connectivity index (χ1n) is 7.48. The number of thioether (sulfide) groups is 1. The molecule has 0 aliphatic rings. The second kappa shape index (κ2) is 8.57. The fraction of sp³-hybridized carbons (Fsp3) is 0.353. The largest absolute Gasteiger partial charge is 0.493 e. The van der Waals surface area contributed by atoms with Gasteiger partial charge in [0, 0.05) is 12.7 Å². The van der Waals surface area contributed by atoms with Crippen LogP contribution in [-0.4, -0.2) is 43.5 Å². The highest BCUT2D eigenvalue weighted by molar-refractivity contribution is 7.98. The summed E-state index contributed by atoms with van der Waals surface area (Å²) in [6, 6.07) is 3.59. The number of nitrogens with one attached hydrogen (secondary N) is 1. The van der Waals surface area contributed by atoms with Crippen molar-refractivity contribution in [2.75, 3.05) is 27.6 Å². The van der Waals surface area contributed by atoms with E-state index < -0.39 is 0 Å². The van der Waals surface area contributed by atoms with Crippen molar-refractivity contribution in [1.29, 1.82) is 0 Å². The highest BCUT2D eigenvalue weighted by atomic mass is 32.2. The number of aromatic nitrogens is 2. The fourth-order valence-corrected chi connectivity index (χ4v) is 2.67. The lowest BCUT2D eigenvalue weighted by atomic mass is 10.1. The number of carbonyl (C=O) groups excluding carboxylic acids is 1.